The lowest BCUT2D eigenvalue weighted by Crippen LogP contribution is -2.65. The van der Waals surface area contributed by atoms with Crippen molar-refractivity contribution in [3.05, 3.63) is 89.5 Å². The number of piperazine rings is 1. The Balaban J connectivity index is 1.28. The fourth-order valence-corrected chi connectivity index (χ4v) is 6.58. The Morgan fingerprint density at radius 1 is 1.07 bits per heavy atom. The SMILES string of the molecule is COc1ccc(C[C@H]2C(=O)N(Cc3cccc4sc(N)nc34)C[C@H]3N2C(=O)CN3N(C)C(=O)NCc2ccccc2)cc1. The summed E-state index contributed by atoms with van der Waals surface area (Å²) in [5.74, 6) is 0.354. The van der Waals surface area contributed by atoms with Crippen molar-refractivity contribution in [2.75, 3.05) is 33.0 Å². The van der Waals surface area contributed by atoms with E-state index < -0.39 is 12.2 Å². The Labute approximate surface area is 253 Å². The molecule has 2 fully saturated rings. The van der Waals surface area contributed by atoms with E-state index in [4.69, 9.17) is 10.5 Å². The molecule has 0 saturated carbocycles. The maximum absolute atomic E-state index is 14.1. The highest BCUT2D eigenvalue weighted by molar-refractivity contribution is 7.22. The average molecular weight is 600 g/mol. The molecule has 2 aliphatic rings. The number of hydrogen-bond donors (Lipinski definition) is 2. The highest BCUT2D eigenvalue weighted by Gasteiger charge is 2.51. The van der Waals surface area contributed by atoms with Gasteiger partial charge in [0.15, 0.2) is 5.13 Å². The third-order valence-corrected chi connectivity index (χ3v) is 8.85. The second-order valence-corrected chi connectivity index (χ2v) is 11.7. The lowest BCUT2D eigenvalue weighted by Gasteiger charge is -2.45. The minimum Gasteiger partial charge on any atom is -0.497 e. The molecular weight excluding hydrogens is 566 g/mol. The van der Waals surface area contributed by atoms with Crippen LogP contribution in [0.4, 0.5) is 9.93 Å². The van der Waals surface area contributed by atoms with Crippen molar-refractivity contribution < 1.29 is 19.1 Å². The number of carbonyl (C=O) groups excluding carboxylic acids is 3. The van der Waals surface area contributed by atoms with Crippen LogP contribution in [0.2, 0.25) is 0 Å². The first-order valence-corrected chi connectivity index (χ1v) is 14.8. The minimum absolute atomic E-state index is 0.0155. The number of hydrazine groups is 1. The molecule has 222 valence electrons. The molecule has 3 N–H and O–H groups in total. The first kappa shape index (κ1) is 28.4. The molecule has 4 amide bonds. The molecule has 1 aromatic heterocycles. The predicted molar refractivity (Wildman–Crippen MR) is 164 cm³/mol. The fourth-order valence-electron chi connectivity index (χ4n) is 5.80. The van der Waals surface area contributed by atoms with Crippen LogP contribution in [0.3, 0.4) is 0 Å². The number of hydrogen-bond acceptors (Lipinski definition) is 8. The normalized spacial score (nSPS) is 18.7. The van der Waals surface area contributed by atoms with Crippen LogP contribution in [0.15, 0.2) is 72.8 Å². The van der Waals surface area contributed by atoms with Gasteiger partial charge in [-0.3, -0.25) is 14.6 Å². The number of nitrogens with two attached hydrogens (primary N) is 1. The molecule has 2 atom stereocenters. The zero-order chi connectivity index (χ0) is 30.1. The topological polar surface area (TPSA) is 124 Å². The van der Waals surface area contributed by atoms with Crippen LogP contribution in [0, 0.1) is 0 Å². The number of methoxy groups -OCH3 is 1. The molecule has 2 saturated heterocycles. The van der Waals surface area contributed by atoms with E-state index in [1.54, 1.807) is 29.0 Å². The molecule has 0 spiro atoms. The van der Waals surface area contributed by atoms with Gasteiger partial charge in [0.2, 0.25) is 11.8 Å². The molecule has 2 aliphatic heterocycles. The first-order valence-electron chi connectivity index (χ1n) is 14.0. The van der Waals surface area contributed by atoms with Gasteiger partial charge in [-0.25, -0.2) is 9.78 Å². The van der Waals surface area contributed by atoms with Crippen LogP contribution in [0.5, 0.6) is 5.75 Å². The Hall–Kier alpha value is -4.68. The predicted octanol–water partition coefficient (Wildman–Crippen LogP) is 3.07. The lowest BCUT2D eigenvalue weighted by molar-refractivity contribution is -0.157. The molecule has 11 nitrogen and oxygen atoms in total. The number of para-hydroxylation sites is 1. The Kier molecular flexibility index (Phi) is 7.87. The van der Waals surface area contributed by atoms with Crippen LogP contribution in [-0.4, -0.2) is 82.1 Å². The summed E-state index contributed by atoms with van der Waals surface area (Å²) in [5, 5.41) is 6.59. The summed E-state index contributed by atoms with van der Waals surface area (Å²) in [6.45, 7) is 0.870. The molecule has 3 heterocycles. The Morgan fingerprint density at radius 3 is 2.58 bits per heavy atom. The largest absolute Gasteiger partial charge is 0.497 e. The number of nitrogens with one attached hydrogen (secondary N) is 1. The van der Waals surface area contributed by atoms with Crippen molar-refractivity contribution >= 4 is 44.5 Å². The van der Waals surface area contributed by atoms with Crippen molar-refractivity contribution in [2.24, 2.45) is 0 Å². The second-order valence-electron chi connectivity index (χ2n) is 10.6. The van der Waals surface area contributed by atoms with Crippen LogP contribution in [0.25, 0.3) is 10.2 Å². The molecular formula is C31H33N7O4S. The molecule has 0 radical (unpaired) electrons. The summed E-state index contributed by atoms with van der Waals surface area (Å²) in [6.07, 6.45) is -0.201. The van der Waals surface area contributed by atoms with Crippen LogP contribution in [-0.2, 0) is 29.1 Å². The van der Waals surface area contributed by atoms with Gasteiger partial charge >= 0.3 is 6.03 Å². The van der Waals surface area contributed by atoms with Gasteiger partial charge in [-0.15, -0.1) is 0 Å². The van der Waals surface area contributed by atoms with E-state index in [1.807, 2.05) is 72.8 Å². The number of amides is 4. The van der Waals surface area contributed by atoms with E-state index in [-0.39, 0.29) is 30.9 Å². The first-order chi connectivity index (χ1) is 20.8. The minimum atomic E-state index is -0.745. The summed E-state index contributed by atoms with van der Waals surface area (Å²) >= 11 is 1.40. The molecule has 43 heavy (non-hydrogen) atoms. The summed E-state index contributed by atoms with van der Waals surface area (Å²) in [5.41, 5.74) is 9.51. The molecule has 0 bridgehead atoms. The van der Waals surface area contributed by atoms with Gasteiger partial charge < -0.3 is 25.6 Å². The van der Waals surface area contributed by atoms with Crippen LogP contribution < -0.4 is 15.8 Å². The van der Waals surface area contributed by atoms with Gasteiger partial charge in [-0.05, 0) is 34.9 Å². The molecule has 0 aliphatic carbocycles. The maximum Gasteiger partial charge on any atom is 0.332 e. The fraction of sp³-hybridized carbons (Fsp3) is 0.290. The second kappa shape index (κ2) is 11.9. The average Bonchev–Trinajstić information content (AvgIpc) is 3.57. The maximum atomic E-state index is 14.1. The van der Waals surface area contributed by atoms with Gasteiger partial charge in [0, 0.05) is 26.6 Å². The number of carbonyl (C=O) groups is 3. The van der Waals surface area contributed by atoms with Gasteiger partial charge in [-0.1, -0.05) is 65.9 Å². The lowest BCUT2D eigenvalue weighted by atomic mass is 9.99. The Bertz CT molecular complexity index is 1650. The highest BCUT2D eigenvalue weighted by atomic mass is 32.1. The summed E-state index contributed by atoms with van der Waals surface area (Å²) in [7, 11) is 3.25. The van der Waals surface area contributed by atoms with Crippen LogP contribution in [0.1, 0.15) is 16.7 Å². The van der Waals surface area contributed by atoms with Gasteiger partial charge in [0.05, 0.1) is 30.4 Å². The smallest absolute Gasteiger partial charge is 0.332 e. The Morgan fingerprint density at radius 2 is 1.84 bits per heavy atom. The van der Waals surface area contributed by atoms with Gasteiger partial charge in [-0.2, -0.15) is 5.01 Å². The molecule has 0 unspecified atom stereocenters. The van der Waals surface area contributed by atoms with E-state index in [1.165, 1.54) is 16.3 Å². The number of ether oxygens (including phenoxy) is 1. The quantitative estimate of drug-likeness (QED) is 0.319. The highest BCUT2D eigenvalue weighted by Crippen LogP contribution is 2.32. The van der Waals surface area contributed by atoms with Crippen molar-refractivity contribution in [3.63, 3.8) is 0 Å². The zero-order valence-corrected chi connectivity index (χ0v) is 24.8. The summed E-state index contributed by atoms with van der Waals surface area (Å²) < 4.78 is 6.24. The zero-order valence-electron chi connectivity index (χ0n) is 24.0. The molecule has 12 heteroatoms. The third-order valence-electron chi connectivity index (χ3n) is 8.00. The molecule has 6 rings (SSSR count). The number of nitrogen functional groups attached to an aromatic ring is 1. The van der Waals surface area contributed by atoms with Crippen molar-refractivity contribution in [1.29, 1.82) is 0 Å². The van der Waals surface area contributed by atoms with E-state index in [2.05, 4.69) is 10.3 Å². The number of rotatable bonds is 8. The number of thiazole rings is 1. The summed E-state index contributed by atoms with van der Waals surface area (Å²) in [4.78, 5) is 48.8. The van der Waals surface area contributed by atoms with E-state index in [9.17, 15) is 14.4 Å². The van der Waals surface area contributed by atoms with Gasteiger partial charge in [0.25, 0.3) is 0 Å². The number of urea groups is 1. The van der Waals surface area contributed by atoms with E-state index in [0.717, 1.165) is 26.9 Å². The van der Waals surface area contributed by atoms with E-state index in [0.29, 0.717) is 30.4 Å². The standard InChI is InChI=1S/C31H33N7O4S/c1-35(31(41)33-16-21-7-4-3-5-8-21)37-19-27(39)38-24(15-20-11-13-23(42-2)14-12-20)29(40)36(18-26(37)38)17-22-9-6-10-25-28(22)34-30(32)43-25/h3-14,24,26H,15-19H2,1-2H3,(H2,32,34)(H,33,41)/t24-,26+/m0/s1. The monoisotopic (exact) mass is 599 g/mol. The third kappa shape index (κ3) is 5.71. The number of benzene rings is 3. The molecule has 3 aromatic carbocycles. The number of anilines is 1. The van der Waals surface area contributed by atoms with E-state index >= 15 is 0 Å². The number of fused-ring (bicyclic) bond motifs is 2. The van der Waals surface area contributed by atoms with Crippen molar-refractivity contribution in [3.8, 4) is 5.75 Å². The van der Waals surface area contributed by atoms with Gasteiger partial charge in [0.1, 0.15) is 18.0 Å². The van der Waals surface area contributed by atoms with Crippen LogP contribution >= 0.6 is 11.3 Å². The number of nitrogens with zero attached hydrogens (tertiary/aromatic N) is 5. The molecule has 4 aromatic rings. The van der Waals surface area contributed by atoms with Crippen molar-refractivity contribution in [2.45, 2.75) is 31.7 Å². The number of aromatic nitrogens is 1. The summed E-state index contributed by atoms with van der Waals surface area (Å²) in [6, 6.07) is 21.9. The van der Waals surface area contributed by atoms with Crippen molar-refractivity contribution in [1.82, 2.24) is 30.1 Å².